The van der Waals surface area contributed by atoms with Crippen molar-refractivity contribution in [2.75, 3.05) is 19.7 Å². The molecule has 1 aliphatic heterocycles. The highest BCUT2D eigenvalue weighted by Crippen LogP contribution is 2.39. The summed E-state index contributed by atoms with van der Waals surface area (Å²) < 4.78 is 32.4. The van der Waals surface area contributed by atoms with E-state index in [0.29, 0.717) is 10.8 Å². The molecule has 2 heterocycles. The standard InChI is InChI=1S/C23H23ClF2N2O4/c24-17-3-6-19(27-11-17)15-1-4-18(5-2-15)32-14-22(21(30)31)12-28(13-22)20(29)16-7-9-23(25,26)10-8-16/h1-6,11,16H,7-10,12-14H2,(H,30,31). The van der Waals surface area contributed by atoms with E-state index in [4.69, 9.17) is 16.3 Å². The molecule has 1 aromatic carbocycles. The number of benzene rings is 1. The fraction of sp³-hybridized carbons (Fsp3) is 0.435. The van der Waals surface area contributed by atoms with Crippen LogP contribution in [0.5, 0.6) is 5.75 Å². The Bertz CT molecular complexity index is 982. The Morgan fingerprint density at radius 1 is 1.12 bits per heavy atom. The van der Waals surface area contributed by atoms with Crippen LogP contribution in [0, 0.1) is 11.3 Å². The largest absolute Gasteiger partial charge is 0.492 e. The zero-order chi connectivity index (χ0) is 22.9. The number of halogens is 3. The summed E-state index contributed by atoms with van der Waals surface area (Å²) in [4.78, 5) is 30.2. The molecule has 0 atom stereocenters. The van der Waals surface area contributed by atoms with Gasteiger partial charge in [0, 0.05) is 43.6 Å². The van der Waals surface area contributed by atoms with E-state index >= 15 is 0 Å². The molecule has 2 aliphatic rings. The zero-order valence-corrected chi connectivity index (χ0v) is 18.0. The van der Waals surface area contributed by atoms with E-state index in [9.17, 15) is 23.5 Å². The lowest BCUT2D eigenvalue weighted by atomic mass is 9.78. The van der Waals surface area contributed by atoms with Crippen molar-refractivity contribution in [2.45, 2.75) is 31.6 Å². The molecule has 1 amide bonds. The summed E-state index contributed by atoms with van der Waals surface area (Å²) in [5.41, 5.74) is 0.405. The number of ether oxygens (including phenoxy) is 1. The first kappa shape index (κ1) is 22.5. The third kappa shape index (κ3) is 4.70. The molecule has 6 nitrogen and oxygen atoms in total. The fourth-order valence-corrected chi connectivity index (χ4v) is 4.28. The zero-order valence-electron chi connectivity index (χ0n) is 17.3. The van der Waals surface area contributed by atoms with Gasteiger partial charge < -0.3 is 14.7 Å². The molecule has 1 N–H and O–H groups in total. The second kappa shape index (κ2) is 8.65. The van der Waals surface area contributed by atoms with Crippen molar-refractivity contribution in [3.63, 3.8) is 0 Å². The number of carboxylic acids is 1. The average molecular weight is 465 g/mol. The third-order valence-electron chi connectivity index (χ3n) is 6.21. The normalized spacial score (nSPS) is 19.8. The highest BCUT2D eigenvalue weighted by atomic mass is 35.5. The molecule has 1 aliphatic carbocycles. The Balaban J connectivity index is 1.33. The lowest BCUT2D eigenvalue weighted by Gasteiger charge is -2.48. The molecule has 9 heteroatoms. The molecule has 4 rings (SSSR count). The van der Waals surface area contributed by atoms with Crippen LogP contribution in [0.15, 0.2) is 42.6 Å². The van der Waals surface area contributed by atoms with Gasteiger partial charge in [-0.3, -0.25) is 14.6 Å². The van der Waals surface area contributed by atoms with E-state index in [0.717, 1.165) is 11.3 Å². The van der Waals surface area contributed by atoms with E-state index in [1.54, 1.807) is 30.5 Å². The monoisotopic (exact) mass is 464 g/mol. The summed E-state index contributed by atoms with van der Waals surface area (Å²) in [6, 6.07) is 10.6. The topological polar surface area (TPSA) is 79.7 Å². The number of nitrogens with zero attached hydrogens (tertiary/aromatic N) is 2. The van der Waals surface area contributed by atoms with Crippen LogP contribution >= 0.6 is 11.6 Å². The Morgan fingerprint density at radius 2 is 1.78 bits per heavy atom. The minimum atomic E-state index is -2.70. The van der Waals surface area contributed by atoms with E-state index in [-0.39, 0.29) is 51.3 Å². The van der Waals surface area contributed by atoms with Gasteiger partial charge >= 0.3 is 5.97 Å². The van der Waals surface area contributed by atoms with Gasteiger partial charge in [-0.2, -0.15) is 0 Å². The van der Waals surface area contributed by atoms with Crippen molar-refractivity contribution >= 4 is 23.5 Å². The summed E-state index contributed by atoms with van der Waals surface area (Å²) in [6.45, 7) is -0.0604. The number of aromatic nitrogens is 1. The second-order valence-electron chi connectivity index (χ2n) is 8.58. The Morgan fingerprint density at radius 3 is 2.34 bits per heavy atom. The number of amides is 1. The predicted octanol–water partition coefficient (Wildman–Crippen LogP) is 4.52. The molecule has 1 aromatic heterocycles. The average Bonchev–Trinajstić information content (AvgIpc) is 2.73. The summed E-state index contributed by atoms with van der Waals surface area (Å²) in [6.07, 6.45) is 1.22. The smallest absolute Gasteiger partial charge is 0.316 e. The lowest BCUT2D eigenvalue weighted by Crippen LogP contribution is -2.65. The van der Waals surface area contributed by atoms with Gasteiger partial charge in [0.05, 0.1) is 10.7 Å². The molecular formula is C23H23ClF2N2O4. The molecule has 170 valence electrons. The molecular weight excluding hydrogens is 442 g/mol. The molecule has 1 saturated carbocycles. The number of hydrogen-bond acceptors (Lipinski definition) is 4. The van der Waals surface area contributed by atoms with Crippen LogP contribution in [0.3, 0.4) is 0 Å². The van der Waals surface area contributed by atoms with Crippen molar-refractivity contribution < 1.29 is 28.2 Å². The highest BCUT2D eigenvalue weighted by Gasteiger charge is 2.53. The van der Waals surface area contributed by atoms with Crippen molar-refractivity contribution in [1.82, 2.24) is 9.88 Å². The fourth-order valence-electron chi connectivity index (χ4n) is 4.16. The maximum Gasteiger partial charge on any atom is 0.316 e. The van der Waals surface area contributed by atoms with Gasteiger partial charge in [-0.25, -0.2) is 8.78 Å². The summed E-state index contributed by atoms with van der Waals surface area (Å²) in [5, 5.41) is 10.3. The van der Waals surface area contributed by atoms with Crippen LogP contribution < -0.4 is 4.74 Å². The maximum absolute atomic E-state index is 13.3. The van der Waals surface area contributed by atoms with Crippen molar-refractivity contribution in [3.8, 4) is 17.0 Å². The molecule has 2 fully saturated rings. The Kier molecular flexibility index (Phi) is 6.07. The van der Waals surface area contributed by atoms with E-state index in [1.807, 2.05) is 12.1 Å². The minimum Gasteiger partial charge on any atom is -0.492 e. The first-order valence-corrected chi connectivity index (χ1v) is 10.8. The van der Waals surface area contributed by atoms with Gasteiger partial charge in [-0.15, -0.1) is 0 Å². The molecule has 0 bridgehead atoms. The van der Waals surface area contributed by atoms with Crippen LogP contribution in [0.4, 0.5) is 8.78 Å². The number of hydrogen-bond donors (Lipinski definition) is 1. The van der Waals surface area contributed by atoms with Crippen LogP contribution in [-0.2, 0) is 9.59 Å². The number of pyridine rings is 1. The first-order valence-electron chi connectivity index (χ1n) is 10.4. The van der Waals surface area contributed by atoms with Gasteiger partial charge in [-0.1, -0.05) is 11.6 Å². The summed E-state index contributed by atoms with van der Waals surface area (Å²) in [7, 11) is 0. The van der Waals surface area contributed by atoms with Gasteiger partial charge in [0.25, 0.3) is 0 Å². The number of alkyl halides is 2. The Hall–Kier alpha value is -2.74. The van der Waals surface area contributed by atoms with Crippen LogP contribution in [0.1, 0.15) is 25.7 Å². The number of carbonyl (C=O) groups excluding carboxylic acids is 1. The summed E-state index contributed by atoms with van der Waals surface area (Å²) in [5.74, 6) is -3.95. The van der Waals surface area contributed by atoms with Gasteiger partial charge in [0.1, 0.15) is 17.8 Å². The van der Waals surface area contributed by atoms with Crippen LogP contribution in [0.25, 0.3) is 11.3 Å². The van der Waals surface area contributed by atoms with E-state index in [2.05, 4.69) is 4.98 Å². The van der Waals surface area contributed by atoms with Gasteiger partial charge in [0.2, 0.25) is 11.8 Å². The molecule has 0 radical (unpaired) electrons. The molecule has 1 saturated heterocycles. The molecule has 32 heavy (non-hydrogen) atoms. The number of carboxylic acid groups (broad SMARTS) is 1. The highest BCUT2D eigenvalue weighted by molar-refractivity contribution is 6.30. The first-order chi connectivity index (χ1) is 15.2. The SMILES string of the molecule is O=C(C1CCC(F)(F)CC1)N1CC(COc2ccc(-c3ccc(Cl)cn3)cc2)(C(=O)O)C1. The van der Waals surface area contributed by atoms with Crippen molar-refractivity contribution in [2.24, 2.45) is 11.3 Å². The number of rotatable bonds is 6. The summed E-state index contributed by atoms with van der Waals surface area (Å²) >= 11 is 5.85. The van der Waals surface area contributed by atoms with Gasteiger partial charge in [-0.05, 0) is 49.2 Å². The quantitative estimate of drug-likeness (QED) is 0.680. The van der Waals surface area contributed by atoms with Gasteiger partial charge in [0.15, 0.2) is 0 Å². The molecule has 0 unspecified atom stereocenters. The predicted molar refractivity (Wildman–Crippen MR) is 114 cm³/mol. The molecule has 0 spiro atoms. The second-order valence-corrected chi connectivity index (χ2v) is 9.02. The number of likely N-dealkylation sites (tertiary alicyclic amines) is 1. The minimum absolute atomic E-state index is 0.0147. The lowest BCUT2D eigenvalue weighted by molar-refractivity contribution is -0.172. The van der Waals surface area contributed by atoms with Crippen LogP contribution in [-0.4, -0.2) is 52.5 Å². The third-order valence-corrected chi connectivity index (χ3v) is 6.43. The maximum atomic E-state index is 13.3. The number of carbonyl (C=O) groups is 2. The van der Waals surface area contributed by atoms with E-state index in [1.165, 1.54) is 4.90 Å². The number of aliphatic carboxylic acids is 1. The van der Waals surface area contributed by atoms with E-state index < -0.39 is 23.2 Å². The van der Waals surface area contributed by atoms with Crippen molar-refractivity contribution in [3.05, 3.63) is 47.6 Å². The Labute approximate surface area is 189 Å². The van der Waals surface area contributed by atoms with Crippen LogP contribution in [0.2, 0.25) is 5.02 Å². The molecule has 2 aromatic rings. The van der Waals surface area contributed by atoms with Crippen molar-refractivity contribution in [1.29, 1.82) is 0 Å².